The zero-order valence-electron chi connectivity index (χ0n) is 11.8. The molecule has 0 atom stereocenters. The molecule has 0 bridgehead atoms. The van der Waals surface area contributed by atoms with Crippen molar-refractivity contribution in [2.75, 3.05) is 20.7 Å². The number of aryl methyl sites for hydroxylation is 1. The minimum Gasteiger partial charge on any atom is -0.496 e. The number of ether oxygens (including phenoxy) is 1. The molecule has 0 spiro atoms. The molecule has 2 amide bonds. The predicted octanol–water partition coefficient (Wildman–Crippen LogP) is 2.21. The number of carbonyl (C=O) groups is 1. The third kappa shape index (κ3) is 3.39. The SMILES string of the molecule is CNC(=O)NCC(C)(C)c1ccc(OC)c(C)c1. The van der Waals surface area contributed by atoms with Crippen molar-refractivity contribution in [2.24, 2.45) is 0 Å². The average molecular weight is 250 g/mol. The molecule has 2 N–H and O–H groups in total. The summed E-state index contributed by atoms with van der Waals surface area (Å²) >= 11 is 0. The highest BCUT2D eigenvalue weighted by Crippen LogP contribution is 2.27. The molecule has 4 heteroatoms. The molecule has 0 saturated carbocycles. The Labute approximate surface area is 109 Å². The summed E-state index contributed by atoms with van der Waals surface area (Å²) in [5.74, 6) is 0.883. The van der Waals surface area contributed by atoms with Crippen LogP contribution in [-0.4, -0.2) is 26.7 Å². The maximum Gasteiger partial charge on any atom is 0.314 e. The van der Waals surface area contributed by atoms with E-state index in [9.17, 15) is 4.79 Å². The summed E-state index contributed by atoms with van der Waals surface area (Å²) in [4.78, 5) is 11.2. The fraction of sp³-hybridized carbons (Fsp3) is 0.500. The van der Waals surface area contributed by atoms with Crippen LogP contribution < -0.4 is 15.4 Å². The fourth-order valence-electron chi connectivity index (χ4n) is 1.79. The minimum absolute atomic E-state index is 0.121. The first-order valence-corrected chi connectivity index (χ1v) is 6.01. The van der Waals surface area contributed by atoms with E-state index in [4.69, 9.17) is 4.74 Å². The van der Waals surface area contributed by atoms with E-state index < -0.39 is 0 Å². The number of urea groups is 1. The van der Waals surface area contributed by atoms with Gasteiger partial charge in [0.25, 0.3) is 0 Å². The van der Waals surface area contributed by atoms with Gasteiger partial charge < -0.3 is 15.4 Å². The van der Waals surface area contributed by atoms with E-state index in [0.29, 0.717) is 6.54 Å². The lowest BCUT2D eigenvalue weighted by molar-refractivity contribution is 0.240. The number of hydrogen-bond acceptors (Lipinski definition) is 2. The summed E-state index contributed by atoms with van der Waals surface area (Å²) in [6, 6.07) is 5.95. The lowest BCUT2D eigenvalue weighted by Crippen LogP contribution is -2.40. The first-order valence-electron chi connectivity index (χ1n) is 6.01. The number of nitrogens with one attached hydrogen (secondary N) is 2. The molecule has 0 saturated heterocycles. The number of carbonyl (C=O) groups excluding carboxylic acids is 1. The van der Waals surface area contributed by atoms with E-state index in [1.54, 1.807) is 14.2 Å². The van der Waals surface area contributed by atoms with Gasteiger partial charge in [-0.15, -0.1) is 0 Å². The van der Waals surface area contributed by atoms with Crippen LogP contribution >= 0.6 is 0 Å². The van der Waals surface area contributed by atoms with Gasteiger partial charge in [0.1, 0.15) is 5.75 Å². The first kappa shape index (κ1) is 14.4. The van der Waals surface area contributed by atoms with Crippen molar-refractivity contribution in [1.29, 1.82) is 0 Å². The van der Waals surface area contributed by atoms with Crippen molar-refractivity contribution in [3.8, 4) is 5.75 Å². The Kier molecular flexibility index (Phi) is 4.59. The number of methoxy groups -OCH3 is 1. The highest BCUT2D eigenvalue weighted by atomic mass is 16.5. The molecule has 0 radical (unpaired) electrons. The molecule has 0 fully saturated rings. The van der Waals surface area contributed by atoms with Gasteiger partial charge in [-0.25, -0.2) is 4.79 Å². The van der Waals surface area contributed by atoms with Crippen molar-refractivity contribution in [2.45, 2.75) is 26.2 Å². The standard InChI is InChI=1S/C14H22N2O2/c1-10-8-11(6-7-12(10)18-5)14(2,3)9-16-13(17)15-4/h6-8H,9H2,1-5H3,(H2,15,16,17). The second-order valence-electron chi connectivity index (χ2n) is 5.00. The van der Waals surface area contributed by atoms with Crippen molar-refractivity contribution in [3.05, 3.63) is 29.3 Å². The van der Waals surface area contributed by atoms with Gasteiger partial charge in [-0.2, -0.15) is 0 Å². The van der Waals surface area contributed by atoms with E-state index in [1.165, 1.54) is 5.56 Å². The van der Waals surface area contributed by atoms with Crippen molar-refractivity contribution in [1.82, 2.24) is 10.6 Å². The second-order valence-corrected chi connectivity index (χ2v) is 5.00. The van der Waals surface area contributed by atoms with Crippen molar-refractivity contribution < 1.29 is 9.53 Å². The molecule has 0 aromatic heterocycles. The lowest BCUT2D eigenvalue weighted by Gasteiger charge is -2.26. The molecule has 0 aliphatic carbocycles. The third-order valence-electron chi connectivity index (χ3n) is 3.09. The molecular formula is C14H22N2O2. The lowest BCUT2D eigenvalue weighted by atomic mass is 9.84. The van der Waals surface area contributed by atoms with Crippen LogP contribution in [0.15, 0.2) is 18.2 Å². The Balaban J connectivity index is 2.84. The zero-order chi connectivity index (χ0) is 13.8. The van der Waals surface area contributed by atoms with Crippen LogP contribution in [0.5, 0.6) is 5.75 Å². The van der Waals surface area contributed by atoms with E-state index in [2.05, 4.69) is 30.5 Å². The third-order valence-corrected chi connectivity index (χ3v) is 3.09. The minimum atomic E-state index is -0.159. The summed E-state index contributed by atoms with van der Waals surface area (Å²) < 4.78 is 5.25. The van der Waals surface area contributed by atoms with Crippen LogP contribution in [0.1, 0.15) is 25.0 Å². The molecule has 4 nitrogen and oxygen atoms in total. The Bertz CT molecular complexity index is 428. The average Bonchev–Trinajstić information content (AvgIpc) is 2.35. The number of amides is 2. The summed E-state index contributed by atoms with van der Waals surface area (Å²) in [5.41, 5.74) is 2.16. The van der Waals surface area contributed by atoms with E-state index in [0.717, 1.165) is 11.3 Å². The van der Waals surface area contributed by atoms with Crippen LogP contribution in [0.3, 0.4) is 0 Å². The Morgan fingerprint density at radius 3 is 2.56 bits per heavy atom. The largest absolute Gasteiger partial charge is 0.496 e. The predicted molar refractivity (Wildman–Crippen MR) is 73.2 cm³/mol. The molecule has 1 aromatic carbocycles. The quantitative estimate of drug-likeness (QED) is 0.860. The van der Waals surface area contributed by atoms with Gasteiger partial charge in [-0.05, 0) is 24.1 Å². The van der Waals surface area contributed by atoms with Crippen molar-refractivity contribution >= 4 is 6.03 Å². The van der Waals surface area contributed by atoms with E-state index in [1.807, 2.05) is 19.1 Å². The van der Waals surface area contributed by atoms with Crippen LogP contribution in [0.4, 0.5) is 4.79 Å². The van der Waals surface area contributed by atoms with Crippen LogP contribution in [0.25, 0.3) is 0 Å². The molecule has 0 heterocycles. The zero-order valence-corrected chi connectivity index (χ0v) is 11.8. The second kappa shape index (κ2) is 5.76. The normalized spacial score (nSPS) is 10.9. The summed E-state index contributed by atoms with van der Waals surface area (Å²) in [5, 5.41) is 5.39. The Hall–Kier alpha value is -1.71. The molecule has 100 valence electrons. The highest BCUT2D eigenvalue weighted by molar-refractivity contribution is 5.73. The molecule has 0 unspecified atom stereocenters. The van der Waals surface area contributed by atoms with Gasteiger partial charge in [0, 0.05) is 19.0 Å². The Morgan fingerprint density at radius 2 is 2.06 bits per heavy atom. The Morgan fingerprint density at radius 1 is 1.39 bits per heavy atom. The maximum atomic E-state index is 11.2. The molecule has 1 aromatic rings. The summed E-state index contributed by atoms with van der Waals surface area (Å²) in [7, 11) is 3.28. The summed E-state index contributed by atoms with van der Waals surface area (Å²) in [6.07, 6.45) is 0. The molecular weight excluding hydrogens is 228 g/mol. The highest BCUT2D eigenvalue weighted by Gasteiger charge is 2.21. The topological polar surface area (TPSA) is 50.4 Å². The number of hydrogen-bond donors (Lipinski definition) is 2. The smallest absolute Gasteiger partial charge is 0.314 e. The number of rotatable bonds is 4. The van der Waals surface area contributed by atoms with Gasteiger partial charge in [0.05, 0.1) is 7.11 Å². The van der Waals surface area contributed by atoms with Crippen LogP contribution in [0, 0.1) is 6.92 Å². The molecule has 0 aliphatic rings. The molecule has 0 aliphatic heterocycles. The molecule has 18 heavy (non-hydrogen) atoms. The number of benzene rings is 1. The maximum absolute atomic E-state index is 11.2. The van der Waals surface area contributed by atoms with Crippen LogP contribution in [-0.2, 0) is 5.41 Å². The summed E-state index contributed by atoms with van der Waals surface area (Å²) in [6.45, 7) is 6.80. The monoisotopic (exact) mass is 250 g/mol. The van der Waals surface area contributed by atoms with Gasteiger partial charge in [0.15, 0.2) is 0 Å². The van der Waals surface area contributed by atoms with Gasteiger partial charge in [-0.1, -0.05) is 26.0 Å². The van der Waals surface area contributed by atoms with E-state index >= 15 is 0 Å². The molecule has 1 rings (SSSR count). The van der Waals surface area contributed by atoms with E-state index in [-0.39, 0.29) is 11.4 Å². The van der Waals surface area contributed by atoms with Gasteiger partial charge >= 0.3 is 6.03 Å². The van der Waals surface area contributed by atoms with Crippen LogP contribution in [0.2, 0.25) is 0 Å². The fourth-order valence-corrected chi connectivity index (χ4v) is 1.79. The first-order chi connectivity index (χ1) is 8.40. The van der Waals surface area contributed by atoms with Gasteiger partial charge in [0.2, 0.25) is 0 Å². The van der Waals surface area contributed by atoms with Crippen molar-refractivity contribution in [3.63, 3.8) is 0 Å². The van der Waals surface area contributed by atoms with Gasteiger partial charge in [-0.3, -0.25) is 0 Å².